The van der Waals surface area contributed by atoms with Gasteiger partial charge in [0, 0.05) is 25.1 Å². The van der Waals surface area contributed by atoms with Crippen LogP contribution in [0.4, 0.5) is 5.69 Å². The maximum Gasteiger partial charge on any atom is 0.266 e. The largest absolute Gasteiger partial charge is 0.397 e. The van der Waals surface area contributed by atoms with E-state index in [0.29, 0.717) is 28.5 Å². The Bertz CT molecular complexity index is 655. The highest BCUT2D eigenvalue weighted by Gasteiger charge is 2.27. The fourth-order valence-corrected chi connectivity index (χ4v) is 3.68. The van der Waals surface area contributed by atoms with Gasteiger partial charge in [0.25, 0.3) is 5.91 Å². The van der Waals surface area contributed by atoms with Gasteiger partial charge in [-0.05, 0) is 25.8 Å². The van der Waals surface area contributed by atoms with Gasteiger partial charge in [-0.2, -0.15) is 5.10 Å². The first-order chi connectivity index (χ1) is 10.2. The number of hydrogen-bond donors (Lipinski definition) is 1. The molecule has 1 unspecified atom stereocenters. The van der Waals surface area contributed by atoms with E-state index in [-0.39, 0.29) is 12.0 Å². The van der Waals surface area contributed by atoms with E-state index in [9.17, 15) is 4.79 Å². The molecule has 112 valence electrons. The first-order valence-corrected chi connectivity index (χ1v) is 7.93. The summed E-state index contributed by atoms with van der Waals surface area (Å²) in [5.41, 5.74) is 6.61. The van der Waals surface area contributed by atoms with Crippen LogP contribution in [-0.2, 0) is 4.74 Å². The Morgan fingerprint density at radius 3 is 3.24 bits per heavy atom. The first-order valence-electron chi connectivity index (χ1n) is 7.11. The number of anilines is 1. The summed E-state index contributed by atoms with van der Waals surface area (Å²) in [6.07, 6.45) is 3.68. The zero-order valence-electron chi connectivity index (χ0n) is 11.9. The minimum absolute atomic E-state index is 0.0279. The number of nitrogens with zero attached hydrogens (tertiary/aromatic N) is 3. The number of fused-ring (bicyclic) bond motifs is 1. The van der Waals surface area contributed by atoms with Crippen molar-refractivity contribution >= 4 is 33.1 Å². The van der Waals surface area contributed by atoms with Crippen molar-refractivity contribution in [1.29, 1.82) is 0 Å². The summed E-state index contributed by atoms with van der Waals surface area (Å²) in [5.74, 6) is -0.0279. The Labute approximate surface area is 126 Å². The normalized spacial score (nSPS) is 19.1. The molecule has 0 bridgehead atoms. The van der Waals surface area contributed by atoms with Crippen LogP contribution in [0, 0.1) is 0 Å². The smallest absolute Gasteiger partial charge is 0.266 e. The van der Waals surface area contributed by atoms with Crippen molar-refractivity contribution in [2.75, 3.05) is 25.4 Å². The van der Waals surface area contributed by atoms with Crippen molar-refractivity contribution in [1.82, 2.24) is 15.1 Å². The maximum atomic E-state index is 12.7. The van der Waals surface area contributed by atoms with Gasteiger partial charge in [-0.1, -0.05) is 0 Å². The number of thiophene rings is 1. The molecule has 3 rings (SSSR count). The molecule has 3 heterocycles. The topological polar surface area (TPSA) is 81.3 Å². The molecule has 1 aliphatic heterocycles. The lowest BCUT2D eigenvalue weighted by molar-refractivity contribution is 0.00746. The highest BCUT2D eigenvalue weighted by molar-refractivity contribution is 7.21. The van der Waals surface area contributed by atoms with Crippen LogP contribution in [0.1, 0.15) is 29.4 Å². The Kier molecular flexibility index (Phi) is 4.03. The van der Waals surface area contributed by atoms with Gasteiger partial charge in [0.1, 0.15) is 9.71 Å². The predicted molar refractivity (Wildman–Crippen MR) is 82.4 cm³/mol. The molecule has 0 aliphatic carbocycles. The summed E-state index contributed by atoms with van der Waals surface area (Å²) >= 11 is 1.31. The van der Waals surface area contributed by atoms with Crippen LogP contribution in [0.2, 0.25) is 0 Å². The van der Waals surface area contributed by atoms with Crippen LogP contribution in [0.3, 0.4) is 0 Å². The SMILES string of the molecule is CCOC1CCCN(C(=O)c2sc3nnccc3c2N)C1. The van der Waals surface area contributed by atoms with Crippen LogP contribution in [0.15, 0.2) is 12.3 Å². The molecule has 1 aliphatic rings. The average molecular weight is 306 g/mol. The fraction of sp³-hybridized carbons (Fsp3) is 0.500. The molecule has 7 heteroatoms. The number of aromatic nitrogens is 2. The standard InChI is InChI=1S/C14H18N4O2S/c1-2-20-9-4-3-7-18(8-9)14(19)12-11(15)10-5-6-16-17-13(10)21-12/h5-6,9H,2-4,7-8,15H2,1H3. The number of nitrogen functional groups attached to an aromatic ring is 1. The third-order valence-corrected chi connectivity index (χ3v) is 4.78. The van der Waals surface area contributed by atoms with Crippen LogP contribution in [0.5, 0.6) is 0 Å². The van der Waals surface area contributed by atoms with E-state index in [1.165, 1.54) is 11.3 Å². The number of piperidine rings is 1. The summed E-state index contributed by atoms with van der Waals surface area (Å²) < 4.78 is 5.64. The van der Waals surface area contributed by atoms with Gasteiger partial charge in [0.15, 0.2) is 0 Å². The third kappa shape index (κ3) is 2.71. The number of hydrogen-bond acceptors (Lipinski definition) is 6. The number of rotatable bonds is 3. The molecule has 0 aromatic carbocycles. The number of carbonyl (C=O) groups is 1. The Hall–Kier alpha value is -1.73. The predicted octanol–water partition coefficient (Wildman–Crippen LogP) is 1.91. The van der Waals surface area contributed by atoms with Gasteiger partial charge < -0.3 is 15.4 Å². The van der Waals surface area contributed by atoms with E-state index >= 15 is 0 Å². The lowest BCUT2D eigenvalue weighted by atomic mass is 10.1. The number of nitrogens with two attached hydrogens (primary N) is 1. The van der Waals surface area contributed by atoms with E-state index in [4.69, 9.17) is 10.5 Å². The molecule has 2 N–H and O–H groups in total. The molecule has 1 atom stereocenters. The second-order valence-electron chi connectivity index (χ2n) is 5.07. The monoisotopic (exact) mass is 306 g/mol. The molecular weight excluding hydrogens is 288 g/mol. The molecule has 1 fully saturated rings. The second kappa shape index (κ2) is 5.95. The minimum atomic E-state index is -0.0279. The van der Waals surface area contributed by atoms with Crippen LogP contribution >= 0.6 is 11.3 Å². The number of ether oxygens (including phenoxy) is 1. The summed E-state index contributed by atoms with van der Waals surface area (Å²) in [6, 6.07) is 1.80. The van der Waals surface area contributed by atoms with E-state index in [1.807, 2.05) is 11.8 Å². The average Bonchev–Trinajstić information content (AvgIpc) is 2.85. The van der Waals surface area contributed by atoms with Gasteiger partial charge in [0.05, 0.1) is 18.0 Å². The lowest BCUT2D eigenvalue weighted by Crippen LogP contribution is -2.43. The zero-order chi connectivity index (χ0) is 14.8. The van der Waals surface area contributed by atoms with Crippen molar-refractivity contribution in [3.8, 4) is 0 Å². The van der Waals surface area contributed by atoms with Crippen molar-refractivity contribution < 1.29 is 9.53 Å². The highest BCUT2D eigenvalue weighted by atomic mass is 32.1. The van der Waals surface area contributed by atoms with Crippen molar-refractivity contribution in [3.63, 3.8) is 0 Å². The summed E-state index contributed by atoms with van der Waals surface area (Å²) in [7, 11) is 0. The molecule has 6 nitrogen and oxygen atoms in total. The van der Waals surface area contributed by atoms with E-state index in [2.05, 4.69) is 10.2 Å². The minimum Gasteiger partial charge on any atom is -0.397 e. The van der Waals surface area contributed by atoms with Gasteiger partial charge in [-0.25, -0.2) is 0 Å². The molecule has 0 spiro atoms. The molecular formula is C14H18N4O2S. The number of carbonyl (C=O) groups excluding carboxylic acids is 1. The van der Waals surface area contributed by atoms with Gasteiger partial charge in [0.2, 0.25) is 0 Å². The summed E-state index contributed by atoms with van der Waals surface area (Å²) in [6.45, 7) is 4.03. The fourth-order valence-electron chi connectivity index (χ4n) is 2.67. The third-order valence-electron chi connectivity index (χ3n) is 3.68. The Morgan fingerprint density at radius 1 is 1.62 bits per heavy atom. The molecule has 1 saturated heterocycles. The van der Waals surface area contributed by atoms with Gasteiger partial charge in [-0.3, -0.25) is 4.79 Å². The Balaban J connectivity index is 1.84. The van der Waals surface area contributed by atoms with E-state index in [0.717, 1.165) is 24.8 Å². The van der Waals surface area contributed by atoms with E-state index < -0.39 is 0 Å². The summed E-state index contributed by atoms with van der Waals surface area (Å²) in [4.78, 5) is 15.8. The number of likely N-dealkylation sites (tertiary alicyclic amines) is 1. The van der Waals surface area contributed by atoms with Gasteiger partial charge in [-0.15, -0.1) is 16.4 Å². The molecule has 2 aromatic heterocycles. The van der Waals surface area contributed by atoms with Crippen LogP contribution in [0.25, 0.3) is 10.2 Å². The highest BCUT2D eigenvalue weighted by Crippen LogP contribution is 2.33. The van der Waals surface area contributed by atoms with Crippen molar-refractivity contribution in [2.24, 2.45) is 0 Å². The Morgan fingerprint density at radius 2 is 2.48 bits per heavy atom. The lowest BCUT2D eigenvalue weighted by Gasteiger charge is -2.32. The number of amides is 1. The second-order valence-corrected chi connectivity index (χ2v) is 6.06. The molecule has 0 saturated carbocycles. The van der Waals surface area contributed by atoms with Crippen molar-refractivity contribution in [3.05, 3.63) is 17.1 Å². The molecule has 21 heavy (non-hydrogen) atoms. The van der Waals surface area contributed by atoms with Gasteiger partial charge >= 0.3 is 0 Å². The molecule has 1 amide bonds. The zero-order valence-corrected chi connectivity index (χ0v) is 12.7. The summed E-state index contributed by atoms with van der Waals surface area (Å²) in [5, 5.41) is 8.67. The van der Waals surface area contributed by atoms with Crippen LogP contribution < -0.4 is 5.73 Å². The quantitative estimate of drug-likeness (QED) is 0.937. The first kappa shape index (κ1) is 14.2. The van der Waals surface area contributed by atoms with E-state index in [1.54, 1.807) is 12.3 Å². The molecule has 2 aromatic rings. The maximum absolute atomic E-state index is 12.7. The molecule has 0 radical (unpaired) electrons. The van der Waals surface area contributed by atoms with Crippen LogP contribution in [-0.4, -0.2) is 46.8 Å². The van der Waals surface area contributed by atoms with Crippen molar-refractivity contribution in [2.45, 2.75) is 25.9 Å².